The average Bonchev–Trinajstić information content (AvgIpc) is 2.75. The van der Waals surface area contributed by atoms with E-state index < -0.39 is 18.2 Å². The Morgan fingerprint density at radius 1 is 0.541 bits per heavy atom. The van der Waals surface area contributed by atoms with Crippen molar-refractivity contribution >= 4 is 18.2 Å². The van der Waals surface area contributed by atoms with Crippen molar-refractivity contribution in [2.75, 3.05) is 13.2 Å². The fourth-order valence-electron chi connectivity index (χ4n) is 3.52. The van der Waals surface area contributed by atoms with Gasteiger partial charge in [-0.25, -0.2) is 8.42 Å². The molecular formula is C24H50Na3O8PS. The number of phosphoric acid groups is 1. The summed E-state index contributed by atoms with van der Waals surface area (Å²) < 4.78 is 48.7. The first-order chi connectivity index (χ1) is 16.1. The van der Waals surface area contributed by atoms with E-state index in [-0.39, 0.29) is 102 Å². The fraction of sp³-hybridized carbons (Fsp3) is 1.00. The normalized spacial score (nSPS) is 10.9. The van der Waals surface area contributed by atoms with Gasteiger partial charge in [0.25, 0.3) is 0 Å². The van der Waals surface area contributed by atoms with Crippen LogP contribution in [-0.4, -0.2) is 26.2 Å². The number of rotatable bonds is 24. The molecule has 0 aliphatic heterocycles. The van der Waals surface area contributed by atoms with Gasteiger partial charge in [-0.3, -0.25) is 4.18 Å². The van der Waals surface area contributed by atoms with Crippen LogP contribution in [-0.2, 0) is 23.7 Å². The zero-order chi connectivity index (χ0) is 26.0. The minimum absolute atomic E-state index is 0. The Labute approximate surface area is 295 Å². The summed E-state index contributed by atoms with van der Waals surface area (Å²) in [6, 6.07) is 0. The van der Waals surface area contributed by atoms with Crippen LogP contribution in [0.2, 0.25) is 0 Å². The molecule has 0 rings (SSSR count). The van der Waals surface area contributed by atoms with Crippen molar-refractivity contribution in [3.63, 3.8) is 0 Å². The predicted octanol–water partition coefficient (Wildman–Crippen LogP) is -2.85. The summed E-state index contributed by atoms with van der Waals surface area (Å²) in [5.74, 6) is 0. The molecule has 0 saturated carbocycles. The van der Waals surface area contributed by atoms with E-state index in [2.05, 4.69) is 22.6 Å². The Bertz CT molecular complexity index is 566. The molecule has 0 unspecified atom stereocenters. The molecule has 0 bridgehead atoms. The van der Waals surface area contributed by atoms with Crippen molar-refractivity contribution in [1.29, 1.82) is 0 Å². The van der Waals surface area contributed by atoms with Crippen LogP contribution in [0.4, 0.5) is 0 Å². The monoisotopic (exact) mass is 598 g/mol. The van der Waals surface area contributed by atoms with Gasteiger partial charge >= 0.3 is 88.7 Å². The van der Waals surface area contributed by atoms with Crippen LogP contribution in [0, 0.1) is 0 Å². The second-order valence-electron chi connectivity index (χ2n) is 8.87. The first kappa shape index (κ1) is 49.6. The minimum atomic E-state index is -4.74. The molecule has 0 aliphatic rings. The van der Waals surface area contributed by atoms with Crippen molar-refractivity contribution in [2.24, 2.45) is 0 Å². The molecule has 0 atom stereocenters. The SMILES string of the molecule is CCCCCCCCCCCCOP(=O)([O-])[O-].CCCCCCCCCCCCOS(=O)(=O)[O-].[Na+].[Na+].[Na+]. The van der Waals surface area contributed by atoms with Crippen LogP contribution in [0.3, 0.4) is 0 Å². The van der Waals surface area contributed by atoms with E-state index in [0.717, 1.165) is 25.7 Å². The van der Waals surface area contributed by atoms with Crippen LogP contribution < -0.4 is 98.5 Å². The summed E-state index contributed by atoms with van der Waals surface area (Å²) in [5.41, 5.74) is 0. The molecule has 13 heteroatoms. The summed E-state index contributed by atoms with van der Waals surface area (Å²) in [6.07, 6.45) is 23.4. The van der Waals surface area contributed by atoms with Crippen molar-refractivity contribution in [3.05, 3.63) is 0 Å². The quantitative estimate of drug-likeness (QED) is 0.0381. The summed E-state index contributed by atoms with van der Waals surface area (Å²) in [5, 5.41) is 0. The Kier molecular flexibility index (Phi) is 49.7. The largest absolute Gasteiger partial charge is 1.00 e. The third kappa shape index (κ3) is 55.5. The van der Waals surface area contributed by atoms with Gasteiger partial charge in [0.15, 0.2) is 0 Å². The van der Waals surface area contributed by atoms with Gasteiger partial charge in [-0.1, -0.05) is 129 Å². The average molecular weight is 599 g/mol. The zero-order valence-corrected chi connectivity index (χ0v) is 32.4. The third-order valence-electron chi connectivity index (χ3n) is 5.47. The summed E-state index contributed by atoms with van der Waals surface area (Å²) >= 11 is 0. The molecule has 0 radical (unpaired) electrons. The maximum atomic E-state index is 10.1. The summed E-state index contributed by atoms with van der Waals surface area (Å²) in [6.45, 7) is 4.50. The van der Waals surface area contributed by atoms with E-state index in [1.54, 1.807) is 0 Å². The van der Waals surface area contributed by atoms with E-state index in [1.165, 1.54) is 89.9 Å². The van der Waals surface area contributed by atoms with Crippen LogP contribution in [0.25, 0.3) is 0 Å². The van der Waals surface area contributed by atoms with Gasteiger partial charge in [0.2, 0.25) is 10.4 Å². The maximum Gasteiger partial charge on any atom is 1.00 e. The van der Waals surface area contributed by atoms with Crippen molar-refractivity contribution < 1.29 is 125 Å². The summed E-state index contributed by atoms with van der Waals surface area (Å²) in [4.78, 5) is 20.3. The Morgan fingerprint density at radius 2 is 0.811 bits per heavy atom. The van der Waals surface area contributed by atoms with E-state index in [1.807, 2.05) is 0 Å². The molecule has 0 saturated heterocycles. The van der Waals surface area contributed by atoms with Crippen molar-refractivity contribution in [1.82, 2.24) is 0 Å². The Morgan fingerprint density at radius 3 is 1.08 bits per heavy atom. The van der Waals surface area contributed by atoms with Gasteiger partial charge in [0.1, 0.15) is 0 Å². The molecule has 208 valence electrons. The molecule has 0 N–H and O–H groups in total. The third-order valence-corrected chi connectivity index (χ3v) is 6.43. The molecule has 0 aromatic rings. The van der Waals surface area contributed by atoms with E-state index in [9.17, 15) is 27.3 Å². The van der Waals surface area contributed by atoms with Crippen LogP contribution in [0.5, 0.6) is 0 Å². The van der Waals surface area contributed by atoms with Gasteiger partial charge in [0.05, 0.1) is 21.0 Å². The first-order valence-corrected chi connectivity index (χ1v) is 16.2. The number of phosphoric ester groups is 1. The van der Waals surface area contributed by atoms with Crippen LogP contribution >= 0.6 is 7.82 Å². The van der Waals surface area contributed by atoms with E-state index in [0.29, 0.717) is 12.8 Å². The second-order valence-corrected chi connectivity index (χ2v) is 11.1. The van der Waals surface area contributed by atoms with E-state index >= 15 is 0 Å². The number of hydrogen-bond donors (Lipinski definition) is 0. The minimum Gasteiger partial charge on any atom is -0.790 e. The number of hydrogen-bond acceptors (Lipinski definition) is 8. The van der Waals surface area contributed by atoms with Gasteiger partial charge < -0.3 is 23.4 Å². The molecule has 37 heavy (non-hydrogen) atoms. The fourth-order valence-corrected chi connectivity index (χ4v) is 4.19. The van der Waals surface area contributed by atoms with Crippen LogP contribution in [0.1, 0.15) is 142 Å². The standard InChI is InChI=1S/C12H27O4P.C12H26O4S.3Na/c2*1-2-3-4-5-6-7-8-9-10-11-12-16-17(13,14)15;;;/h2-12H2,1H3,(H2,13,14,15);2-12H2,1H3,(H,13,14,15);;;/q;;3*+1/p-3. The predicted molar refractivity (Wildman–Crippen MR) is 133 cm³/mol. The van der Waals surface area contributed by atoms with Gasteiger partial charge in [-0.05, 0) is 12.8 Å². The van der Waals surface area contributed by atoms with Gasteiger partial charge in [-0.15, -0.1) is 0 Å². The maximum absolute atomic E-state index is 10.1. The molecular weight excluding hydrogens is 548 g/mol. The van der Waals surface area contributed by atoms with Crippen LogP contribution in [0.15, 0.2) is 0 Å². The molecule has 0 spiro atoms. The topological polar surface area (TPSA) is 139 Å². The van der Waals surface area contributed by atoms with Gasteiger partial charge in [0, 0.05) is 0 Å². The van der Waals surface area contributed by atoms with Crippen molar-refractivity contribution in [2.45, 2.75) is 142 Å². The smallest absolute Gasteiger partial charge is 0.790 e. The zero-order valence-electron chi connectivity index (χ0n) is 24.7. The first-order valence-electron chi connectivity index (χ1n) is 13.4. The van der Waals surface area contributed by atoms with Gasteiger partial charge in [-0.2, -0.15) is 0 Å². The molecule has 0 aliphatic carbocycles. The molecule has 0 amide bonds. The molecule has 0 heterocycles. The Balaban J connectivity index is -0.000000171. The molecule has 0 aromatic heterocycles. The molecule has 8 nitrogen and oxygen atoms in total. The Hall–Kier alpha value is 2.98. The second kappa shape index (κ2) is 37.0. The van der Waals surface area contributed by atoms with Crippen molar-refractivity contribution in [3.8, 4) is 0 Å². The molecule has 0 aromatic carbocycles. The summed E-state index contributed by atoms with van der Waals surface area (Å²) in [7, 11) is -9.23. The number of unbranched alkanes of at least 4 members (excludes halogenated alkanes) is 18. The van der Waals surface area contributed by atoms with E-state index in [4.69, 9.17) is 0 Å². The molecule has 0 fully saturated rings.